The molecule has 1 fully saturated rings. The van der Waals surface area contributed by atoms with Crippen molar-refractivity contribution in [3.63, 3.8) is 0 Å². The van der Waals surface area contributed by atoms with Crippen molar-refractivity contribution in [2.75, 3.05) is 46.5 Å². The molecule has 0 saturated carbocycles. The van der Waals surface area contributed by atoms with Crippen molar-refractivity contribution in [3.05, 3.63) is 35.4 Å². The molecule has 2 N–H and O–H groups in total. The van der Waals surface area contributed by atoms with E-state index in [1.54, 1.807) is 7.05 Å². The van der Waals surface area contributed by atoms with E-state index in [-0.39, 0.29) is 30.1 Å². The molecule has 1 unspecified atom stereocenters. The number of guanidine groups is 1. The van der Waals surface area contributed by atoms with Crippen molar-refractivity contribution in [2.24, 2.45) is 4.99 Å². The van der Waals surface area contributed by atoms with Crippen molar-refractivity contribution in [1.29, 1.82) is 0 Å². The highest BCUT2D eigenvalue weighted by atomic mass is 127. The van der Waals surface area contributed by atoms with Crippen molar-refractivity contribution >= 4 is 29.9 Å². The van der Waals surface area contributed by atoms with E-state index < -0.39 is 0 Å². The van der Waals surface area contributed by atoms with Gasteiger partial charge in [0.15, 0.2) is 5.96 Å². The Balaban J connectivity index is 0.00000392. The number of rotatable bonds is 11. The molecule has 0 amide bonds. The van der Waals surface area contributed by atoms with Gasteiger partial charge in [0, 0.05) is 39.9 Å². The molecule has 1 aromatic rings. The summed E-state index contributed by atoms with van der Waals surface area (Å²) >= 11 is 0. The van der Waals surface area contributed by atoms with E-state index in [0.717, 1.165) is 71.3 Å². The van der Waals surface area contributed by atoms with Gasteiger partial charge in [0.1, 0.15) is 0 Å². The summed E-state index contributed by atoms with van der Waals surface area (Å²) in [4.78, 5) is 6.70. The van der Waals surface area contributed by atoms with Crippen molar-refractivity contribution in [1.82, 2.24) is 15.5 Å². The summed E-state index contributed by atoms with van der Waals surface area (Å²) in [5.74, 6) is 0.825. The van der Waals surface area contributed by atoms with Crippen LogP contribution in [0.25, 0.3) is 0 Å². The van der Waals surface area contributed by atoms with Crippen LogP contribution in [0.3, 0.4) is 0 Å². The van der Waals surface area contributed by atoms with Gasteiger partial charge < -0.3 is 20.1 Å². The quantitative estimate of drug-likeness (QED) is 0.210. The van der Waals surface area contributed by atoms with Crippen LogP contribution >= 0.6 is 24.0 Å². The van der Waals surface area contributed by atoms with E-state index >= 15 is 0 Å². The van der Waals surface area contributed by atoms with Gasteiger partial charge in [-0.15, -0.1) is 24.0 Å². The van der Waals surface area contributed by atoms with Crippen LogP contribution < -0.4 is 10.6 Å². The lowest BCUT2D eigenvalue weighted by atomic mass is 10.1. The Kier molecular flexibility index (Phi) is 13.5. The van der Waals surface area contributed by atoms with Gasteiger partial charge in [-0.25, -0.2) is 0 Å². The smallest absolute Gasteiger partial charge is 0.191 e. The Bertz CT molecular complexity index is 544. The number of hydrogen-bond acceptors (Lipinski definition) is 4. The van der Waals surface area contributed by atoms with Crippen LogP contribution in [0.2, 0.25) is 0 Å². The number of nitrogens with zero attached hydrogens (tertiary/aromatic N) is 2. The van der Waals surface area contributed by atoms with Gasteiger partial charge in [0.05, 0.1) is 12.7 Å². The van der Waals surface area contributed by atoms with Gasteiger partial charge in [-0.05, 0) is 37.1 Å². The fourth-order valence-corrected chi connectivity index (χ4v) is 3.05. The molecule has 0 bridgehead atoms. The van der Waals surface area contributed by atoms with Crippen molar-refractivity contribution < 1.29 is 9.47 Å². The normalized spacial score (nSPS) is 16.9. The molecule has 28 heavy (non-hydrogen) atoms. The maximum Gasteiger partial charge on any atom is 0.191 e. The third-order valence-corrected chi connectivity index (χ3v) is 4.86. The lowest BCUT2D eigenvalue weighted by molar-refractivity contribution is 0.0420. The highest BCUT2D eigenvalue weighted by molar-refractivity contribution is 14.0. The predicted octanol–water partition coefficient (Wildman–Crippen LogP) is 3.01. The molecule has 1 atom stereocenters. The van der Waals surface area contributed by atoms with E-state index in [1.807, 2.05) is 0 Å². The van der Waals surface area contributed by atoms with E-state index in [2.05, 4.69) is 58.6 Å². The second kappa shape index (κ2) is 15.0. The summed E-state index contributed by atoms with van der Waals surface area (Å²) in [5, 5.41) is 6.71. The average Bonchev–Trinajstić information content (AvgIpc) is 3.22. The summed E-state index contributed by atoms with van der Waals surface area (Å²) in [6, 6.07) is 8.82. The fraction of sp³-hybridized carbons (Fsp3) is 0.667. The molecule has 6 nitrogen and oxygen atoms in total. The predicted molar refractivity (Wildman–Crippen MR) is 126 cm³/mol. The number of nitrogens with one attached hydrogen (secondary N) is 2. The molecular weight excluding hydrogens is 467 g/mol. The van der Waals surface area contributed by atoms with Crippen molar-refractivity contribution in [2.45, 2.75) is 45.9 Å². The molecule has 1 saturated heterocycles. The third-order valence-electron chi connectivity index (χ3n) is 4.86. The van der Waals surface area contributed by atoms with Gasteiger partial charge in [-0.2, -0.15) is 0 Å². The summed E-state index contributed by atoms with van der Waals surface area (Å²) < 4.78 is 11.1. The van der Waals surface area contributed by atoms with E-state index in [0.29, 0.717) is 0 Å². The molecule has 0 aliphatic carbocycles. The molecule has 1 heterocycles. The Morgan fingerprint density at radius 2 is 1.89 bits per heavy atom. The van der Waals surface area contributed by atoms with Gasteiger partial charge in [0.2, 0.25) is 0 Å². The van der Waals surface area contributed by atoms with Crippen LogP contribution in [-0.4, -0.2) is 63.5 Å². The minimum absolute atomic E-state index is 0. The van der Waals surface area contributed by atoms with Crippen LogP contribution in [0.15, 0.2) is 29.3 Å². The molecule has 1 aliphatic heterocycles. The third kappa shape index (κ3) is 9.54. The molecule has 160 valence electrons. The van der Waals surface area contributed by atoms with Crippen LogP contribution in [0.1, 0.15) is 37.8 Å². The second-order valence-corrected chi connectivity index (χ2v) is 6.84. The molecule has 0 spiro atoms. The first-order valence-electron chi connectivity index (χ1n) is 10.2. The topological polar surface area (TPSA) is 58.1 Å². The molecule has 7 heteroatoms. The first kappa shape index (κ1) is 25.1. The van der Waals surface area contributed by atoms with E-state index in [1.165, 1.54) is 11.1 Å². The van der Waals surface area contributed by atoms with Crippen LogP contribution in [0.4, 0.5) is 0 Å². The molecule has 0 radical (unpaired) electrons. The molecule has 1 aliphatic rings. The summed E-state index contributed by atoms with van der Waals surface area (Å²) in [7, 11) is 1.80. The molecular formula is C21H37IN4O2. The van der Waals surface area contributed by atoms with Gasteiger partial charge in [-0.3, -0.25) is 9.89 Å². The number of benzene rings is 1. The lowest BCUT2D eigenvalue weighted by Gasteiger charge is -2.18. The lowest BCUT2D eigenvalue weighted by Crippen LogP contribution is -2.37. The standard InChI is InChI=1S/C21H36N4O2.HI/c1-4-25(5-2)16-19-9-7-18(8-10-19)15-24-21(22-3)23-12-6-13-27-20-11-14-26-17-20;/h7-10,20H,4-6,11-17H2,1-3H3,(H2,22,23,24);1H. The number of hydrogen-bond donors (Lipinski definition) is 2. The summed E-state index contributed by atoms with van der Waals surface area (Å²) in [5.41, 5.74) is 2.61. The van der Waals surface area contributed by atoms with Gasteiger partial charge in [0.25, 0.3) is 0 Å². The van der Waals surface area contributed by atoms with E-state index in [9.17, 15) is 0 Å². The Hall–Kier alpha value is -0.900. The highest BCUT2D eigenvalue weighted by Gasteiger charge is 2.15. The Labute approximate surface area is 187 Å². The van der Waals surface area contributed by atoms with Crippen LogP contribution in [0.5, 0.6) is 0 Å². The number of halogens is 1. The second-order valence-electron chi connectivity index (χ2n) is 6.84. The average molecular weight is 504 g/mol. The van der Waals surface area contributed by atoms with E-state index in [4.69, 9.17) is 9.47 Å². The SMILES string of the molecule is CCN(CC)Cc1ccc(CNC(=NC)NCCCOC2CCOC2)cc1.I. The van der Waals surface area contributed by atoms with Gasteiger partial charge in [-0.1, -0.05) is 38.1 Å². The molecule has 1 aromatic carbocycles. The zero-order chi connectivity index (χ0) is 19.3. The summed E-state index contributed by atoms with van der Waals surface area (Å²) in [6.45, 7) is 11.5. The maximum atomic E-state index is 5.77. The Morgan fingerprint density at radius 3 is 2.50 bits per heavy atom. The minimum Gasteiger partial charge on any atom is -0.379 e. The van der Waals surface area contributed by atoms with Crippen LogP contribution in [-0.2, 0) is 22.6 Å². The van der Waals surface area contributed by atoms with Crippen LogP contribution in [0, 0.1) is 0 Å². The number of aliphatic imine (C=N–C) groups is 1. The maximum absolute atomic E-state index is 5.77. The largest absolute Gasteiger partial charge is 0.379 e. The fourth-order valence-electron chi connectivity index (χ4n) is 3.05. The van der Waals surface area contributed by atoms with Gasteiger partial charge >= 0.3 is 0 Å². The molecule has 2 rings (SSSR count). The first-order valence-corrected chi connectivity index (χ1v) is 10.2. The van der Waals surface area contributed by atoms with Crippen molar-refractivity contribution in [3.8, 4) is 0 Å². The first-order chi connectivity index (χ1) is 13.2. The Morgan fingerprint density at radius 1 is 1.18 bits per heavy atom. The minimum atomic E-state index is 0. The zero-order valence-electron chi connectivity index (χ0n) is 17.6. The number of ether oxygens (including phenoxy) is 2. The monoisotopic (exact) mass is 504 g/mol. The zero-order valence-corrected chi connectivity index (χ0v) is 19.9. The highest BCUT2D eigenvalue weighted by Crippen LogP contribution is 2.08. The summed E-state index contributed by atoms with van der Waals surface area (Å²) in [6.07, 6.45) is 2.26. The molecule has 0 aromatic heterocycles.